The molecule has 2 aliphatic rings. The number of hydrogen-bond acceptors (Lipinski definition) is 2. The molecule has 0 aliphatic heterocycles. The molecule has 0 aromatic carbocycles. The Hall–Kier alpha value is -0.0800. The van der Waals surface area contributed by atoms with Gasteiger partial charge in [0.2, 0.25) is 0 Å². The fourth-order valence-electron chi connectivity index (χ4n) is 4.00. The van der Waals surface area contributed by atoms with E-state index >= 15 is 0 Å². The van der Waals surface area contributed by atoms with Crippen molar-refractivity contribution in [1.29, 1.82) is 0 Å². The molecule has 2 saturated carbocycles. The lowest BCUT2D eigenvalue weighted by Gasteiger charge is -2.37. The van der Waals surface area contributed by atoms with Crippen LogP contribution in [0.25, 0.3) is 0 Å². The Morgan fingerprint density at radius 3 is 2.35 bits per heavy atom. The van der Waals surface area contributed by atoms with Crippen LogP contribution < -0.4 is 5.32 Å². The molecule has 2 aliphatic carbocycles. The predicted octanol–water partition coefficient (Wildman–Crippen LogP) is 4.27. The average Bonchev–Trinajstić information content (AvgIpc) is 2.59. The van der Waals surface area contributed by atoms with Gasteiger partial charge in [-0.1, -0.05) is 33.6 Å². The first-order valence-electron chi connectivity index (χ1n) is 8.88. The van der Waals surface area contributed by atoms with Gasteiger partial charge in [-0.05, 0) is 62.7 Å². The van der Waals surface area contributed by atoms with Crippen molar-refractivity contribution < 1.29 is 5.11 Å². The third-order valence-electron chi connectivity index (χ3n) is 5.91. The Morgan fingerprint density at radius 1 is 1.00 bits per heavy atom. The Bertz CT molecular complexity index is 292. The van der Waals surface area contributed by atoms with Crippen molar-refractivity contribution in [3.63, 3.8) is 0 Å². The standard InChI is InChI=1S/C18H35NO/c1-4-15-7-12-18(20,13-8-15)14-19-16-6-5-10-17(2,3)11-9-16/h15-16,19-20H,4-14H2,1-3H3. The van der Waals surface area contributed by atoms with Gasteiger partial charge in [-0.3, -0.25) is 0 Å². The summed E-state index contributed by atoms with van der Waals surface area (Å²) in [5.74, 6) is 0.856. The van der Waals surface area contributed by atoms with Crippen molar-refractivity contribution in [1.82, 2.24) is 5.32 Å². The van der Waals surface area contributed by atoms with Gasteiger partial charge in [0.1, 0.15) is 0 Å². The van der Waals surface area contributed by atoms with E-state index < -0.39 is 5.60 Å². The van der Waals surface area contributed by atoms with Crippen molar-refractivity contribution in [3.8, 4) is 0 Å². The van der Waals surface area contributed by atoms with Crippen LogP contribution in [0.4, 0.5) is 0 Å². The van der Waals surface area contributed by atoms with Gasteiger partial charge < -0.3 is 10.4 Å². The maximum absolute atomic E-state index is 10.7. The van der Waals surface area contributed by atoms with E-state index in [0.29, 0.717) is 11.5 Å². The van der Waals surface area contributed by atoms with E-state index in [0.717, 1.165) is 25.3 Å². The highest BCUT2D eigenvalue weighted by atomic mass is 16.3. The molecule has 1 unspecified atom stereocenters. The largest absolute Gasteiger partial charge is 0.389 e. The van der Waals surface area contributed by atoms with Crippen LogP contribution in [0.3, 0.4) is 0 Å². The normalized spacial score (nSPS) is 38.4. The Kier molecular flexibility index (Phi) is 5.53. The zero-order valence-corrected chi connectivity index (χ0v) is 13.9. The Balaban J connectivity index is 1.74. The summed E-state index contributed by atoms with van der Waals surface area (Å²) < 4.78 is 0. The summed E-state index contributed by atoms with van der Waals surface area (Å²) in [6.45, 7) is 7.89. The molecule has 0 heterocycles. The van der Waals surface area contributed by atoms with Crippen LogP contribution in [0.1, 0.15) is 85.0 Å². The number of rotatable bonds is 4. The molecule has 0 amide bonds. The maximum atomic E-state index is 10.7. The van der Waals surface area contributed by atoms with Gasteiger partial charge in [-0.25, -0.2) is 0 Å². The van der Waals surface area contributed by atoms with Crippen molar-refractivity contribution in [2.45, 2.75) is 96.6 Å². The van der Waals surface area contributed by atoms with Crippen LogP contribution in [0.5, 0.6) is 0 Å². The monoisotopic (exact) mass is 281 g/mol. The van der Waals surface area contributed by atoms with Crippen LogP contribution in [0, 0.1) is 11.3 Å². The van der Waals surface area contributed by atoms with Gasteiger partial charge in [0.15, 0.2) is 0 Å². The fraction of sp³-hybridized carbons (Fsp3) is 1.00. The second-order valence-corrected chi connectivity index (χ2v) is 8.25. The molecule has 2 fully saturated rings. The summed E-state index contributed by atoms with van der Waals surface area (Å²) in [5.41, 5.74) is 0.0972. The highest BCUT2D eigenvalue weighted by molar-refractivity contribution is 4.89. The number of nitrogens with one attached hydrogen (secondary N) is 1. The minimum absolute atomic E-state index is 0.423. The minimum Gasteiger partial charge on any atom is -0.389 e. The smallest absolute Gasteiger partial charge is 0.0771 e. The summed E-state index contributed by atoms with van der Waals surface area (Å²) >= 11 is 0. The molecular formula is C18H35NO. The van der Waals surface area contributed by atoms with E-state index in [1.54, 1.807) is 0 Å². The van der Waals surface area contributed by atoms with Gasteiger partial charge in [-0.2, -0.15) is 0 Å². The molecule has 0 radical (unpaired) electrons. The van der Waals surface area contributed by atoms with E-state index in [2.05, 4.69) is 26.1 Å². The third-order valence-corrected chi connectivity index (χ3v) is 5.91. The lowest BCUT2D eigenvalue weighted by Crippen LogP contribution is -2.46. The molecule has 118 valence electrons. The predicted molar refractivity (Wildman–Crippen MR) is 85.9 cm³/mol. The lowest BCUT2D eigenvalue weighted by atomic mass is 9.77. The van der Waals surface area contributed by atoms with E-state index in [1.165, 1.54) is 51.4 Å². The quantitative estimate of drug-likeness (QED) is 0.754. The fourth-order valence-corrected chi connectivity index (χ4v) is 4.00. The first-order chi connectivity index (χ1) is 9.42. The first-order valence-corrected chi connectivity index (χ1v) is 8.88. The molecule has 20 heavy (non-hydrogen) atoms. The van der Waals surface area contributed by atoms with E-state index in [1.807, 2.05) is 0 Å². The third kappa shape index (κ3) is 4.73. The first kappa shape index (κ1) is 16.3. The summed E-state index contributed by atoms with van der Waals surface area (Å²) in [6.07, 6.45) is 12.3. The summed E-state index contributed by atoms with van der Waals surface area (Å²) in [5, 5.41) is 14.4. The van der Waals surface area contributed by atoms with E-state index in [9.17, 15) is 5.11 Å². The van der Waals surface area contributed by atoms with Gasteiger partial charge in [0, 0.05) is 12.6 Å². The Morgan fingerprint density at radius 2 is 1.70 bits per heavy atom. The number of hydrogen-bond donors (Lipinski definition) is 2. The highest BCUT2D eigenvalue weighted by Crippen LogP contribution is 2.35. The van der Waals surface area contributed by atoms with Gasteiger partial charge in [0.05, 0.1) is 5.60 Å². The maximum Gasteiger partial charge on any atom is 0.0771 e. The second-order valence-electron chi connectivity index (χ2n) is 8.25. The molecule has 0 saturated heterocycles. The Labute approximate surface area is 125 Å². The van der Waals surface area contributed by atoms with Crippen LogP contribution in [0.15, 0.2) is 0 Å². The van der Waals surface area contributed by atoms with E-state index in [4.69, 9.17) is 0 Å². The topological polar surface area (TPSA) is 32.3 Å². The molecule has 0 bridgehead atoms. The van der Waals surface area contributed by atoms with E-state index in [-0.39, 0.29) is 0 Å². The molecule has 2 heteroatoms. The number of aliphatic hydroxyl groups is 1. The van der Waals surface area contributed by atoms with Crippen molar-refractivity contribution in [2.75, 3.05) is 6.54 Å². The highest BCUT2D eigenvalue weighted by Gasteiger charge is 2.33. The molecule has 1 atom stereocenters. The summed E-state index contributed by atoms with van der Waals surface area (Å²) in [6, 6.07) is 0.629. The zero-order valence-electron chi connectivity index (χ0n) is 13.9. The molecule has 0 aromatic rings. The summed E-state index contributed by atoms with van der Waals surface area (Å²) in [4.78, 5) is 0. The van der Waals surface area contributed by atoms with Crippen molar-refractivity contribution in [3.05, 3.63) is 0 Å². The van der Waals surface area contributed by atoms with Crippen LogP contribution in [0.2, 0.25) is 0 Å². The van der Waals surface area contributed by atoms with Crippen molar-refractivity contribution >= 4 is 0 Å². The summed E-state index contributed by atoms with van der Waals surface area (Å²) in [7, 11) is 0. The molecule has 0 spiro atoms. The zero-order chi connectivity index (χ0) is 14.6. The van der Waals surface area contributed by atoms with Crippen molar-refractivity contribution in [2.24, 2.45) is 11.3 Å². The lowest BCUT2D eigenvalue weighted by molar-refractivity contribution is -0.0110. The molecule has 2 nitrogen and oxygen atoms in total. The van der Waals surface area contributed by atoms with Crippen LogP contribution in [-0.4, -0.2) is 23.3 Å². The molecule has 2 rings (SSSR count). The van der Waals surface area contributed by atoms with Gasteiger partial charge >= 0.3 is 0 Å². The SMILES string of the molecule is CCC1CCC(O)(CNC2CCCC(C)(C)CC2)CC1. The van der Waals surface area contributed by atoms with Crippen LogP contribution >= 0.6 is 0 Å². The van der Waals surface area contributed by atoms with Gasteiger partial charge in [0.25, 0.3) is 0 Å². The molecule has 2 N–H and O–H groups in total. The second kappa shape index (κ2) is 6.79. The minimum atomic E-state index is -0.423. The molecular weight excluding hydrogens is 246 g/mol. The van der Waals surface area contributed by atoms with Gasteiger partial charge in [-0.15, -0.1) is 0 Å². The average molecular weight is 281 g/mol. The molecule has 0 aromatic heterocycles. The van der Waals surface area contributed by atoms with Crippen LogP contribution in [-0.2, 0) is 0 Å².